The van der Waals surface area contributed by atoms with Gasteiger partial charge in [0, 0.05) is 13.6 Å². The fourth-order valence-corrected chi connectivity index (χ4v) is 1.20. The number of hydrogen-bond acceptors (Lipinski definition) is 3. The molecule has 1 unspecified atom stereocenters. The van der Waals surface area contributed by atoms with E-state index in [1.165, 1.54) is 4.90 Å². The van der Waals surface area contributed by atoms with Gasteiger partial charge in [-0.3, -0.25) is 4.79 Å². The van der Waals surface area contributed by atoms with Gasteiger partial charge in [-0.05, 0) is 0 Å². The molecule has 0 spiro atoms. The molecule has 0 aromatic carbocycles. The second-order valence-electron chi connectivity index (χ2n) is 2.98. The summed E-state index contributed by atoms with van der Waals surface area (Å²) in [5, 5.41) is 3.07. The van der Waals surface area contributed by atoms with Crippen LogP contribution >= 0.6 is 0 Å². The van der Waals surface area contributed by atoms with Gasteiger partial charge in [0.25, 0.3) is 0 Å². The predicted molar refractivity (Wildman–Crippen MR) is 49.1 cm³/mol. The molecule has 1 saturated heterocycles. The van der Waals surface area contributed by atoms with Crippen LogP contribution < -0.4 is 5.32 Å². The van der Waals surface area contributed by atoms with E-state index in [2.05, 4.69) is 11.2 Å². The Balaban J connectivity index is 2.41. The van der Waals surface area contributed by atoms with Crippen LogP contribution in [0.4, 0.5) is 0 Å². The van der Waals surface area contributed by atoms with Crippen molar-refractivity contribution in [3.8, 4) is 12.3 Å². The fourth-order valence-electron chi connectivity index (χ4n) is 1.20. The average molecular weight is 182 g/mol. The molecule has 1 fully saturated rings. The van der Waals surface area contributed by atoms with Gasteiger partial charge in [0.2, 0.25) is 5.91 Å². The Morgan fingerprint density at radius 1 is 1.85 bits per heavy atom. The minimum Gasteiger partial charge on any atom is -0.378 e. The number of amides is 1. The van der Waals surface area contributed by atoms with Crippen molar-refractivity contribution in [1.29, 1.82) is 0 Å². The normalized spacial score (nSPS) is 22.0. The highest BCUT2D eigenvalue weighted by molar-refractivity contribution is 5.82. The summed E-state index contributed by atoms with van der Waals surface area (Å²) in [5.74, 6) is 2.42. The Morgan fingerprint density at radius 3 is 3.15 bits per heavy atom. The molecule has 1 rings (SSSR count). The first-order valence-corrected chi connectivity index (χ1v) is 4.25. The van der Waals surface area contributed by atoms with Crippen molar-refractivity contribution >= 4 is 5.91 Å². The molecule has 0 aromatic rings. The van der Waals surface area contributed by atoms with E-state index in [4.69, 9.17) is 11.2 Å². The Hall–Kier alpha value is -1.05. The van der Waals surface area contributed by atoms with Crippen LogP contribution in [0.3, 0.4) is 0 Å². The standard InChI is InChI=1S/C9H14N2O2/c1-3-5-11(2)9(12)8-7-13-6-4-10-8/h1,8,10H,4-7H2,2H3. The van der Waals surface area contributed by atoms with Crippen molar-refractivity contribution in [2.75, 3.05) is 33.4 Å². The number of ether oxygens (including phenoxy) is 1. The van der Waals surface area contributed by atoms with Gasteiger partial charge in [-0.1, -0.05) is 5.92 Å². The van der Waals surface area contributed by atoms with Crippen LogP contribution in [0.2, 0.25) is 0 Å². The average Bonchev–Trinajstić information content (AvgIpc) is 2.18. The second kappa shape index (κ2) is 4.85. The molecular formula is C9H14N2O2. The largest absolute Gasteiger partial charge is 0.378 e. The number of carbonyl (C=O) groups is 1. The minimum atomic E-state index is -0.230. The number of hydrogen-bond donors (Lipinski definition) is 1. The molecule has 0 aliphatic carbocycles. The highest BCUT2D eigenvalue weighted by Crippen LogP contribution is 1.97. The third kappa shape index (κ3) is 2.72. The van der Waals surface area contributed by atoms with Crippen LogP contribution in [0.25, 0.3) is 0 Å². The SMILES string of the molecule is C#CCN(C)C(=O)C1COCCN1. The van der Waals surface area contributed by atoms with Gasteiger partial charge in [-0.25, -0.2) is 0 Å². The maximum Gasteiger partial charge on any atom is 0.242 e. The third-order valence-corrected chi connectivity index (χ3v) is 1.92. The van der Waals surface area contributed by atoms with Crippen molar-refractivity contribution in [3.05, 3.63) is 0 Å². The lowest BCUT2D eigenvalue weighted by Crippen LogP contribution is -2.51. The zero-order valence-electron chi connectivity index (χ0n) is 7.75. The van der Waals surface area contributed by atoms with Gasteiger partial charge in [-0.15, -0.1) is 6.42 Å². The molecule has 1 amide bonds. The maximum atomic E-state index is 11.6. The smallest absolute Gasteiger partial charge is 0.242 e. The fraction of sp³-hybridized carbons (Fsp3) is 0.667. The first-order valence-electron chi connectivity index (χ1n) is 4.25. The molecule has 1 N–H and O–H groups in total. The molecule has 0 saturated carbocycles. The first kappa shape index (κ1) is 10.0. The van der Waals surface area contributed by atoms with Crippen molar-refractivity contribution in [2.45, 2.75) is 6.04 Å². The molecule has 4 nitrogen and oxygen atoms in total. The number of terminal acetylenes is 1. The van der Waals surface area contributed by atoms with Gasteiger partial charge in [0.1, 0.15) is 6.04 Å². The molecule has 1 aliphatic rings. The summed E-state index contributed by atoms with van der Waals surface area (Å²) in [7, 11) is 1.69. The van der Waals surface area contributed by atoms with E-state index in [1.54, 1.807) is 7.05 Å². The molecule has 13 heavy (non-hydrogen) atoms. The quantitative estimate of drug-likeness (QED) is 0.561. The zero-order chi connectivity index (χ0) is 9.68. The minimum absolute atomic E-state index is 0.00218. The van der Waals surface area contributed by atoms with E-state index in [9.17, 15) is 4.79 Å². The van der Waals surface area contributed by atoms with Crippen LogP contribution in [0, 0.1) is 12.3 Å². The first-order chi connectivity index (χ1) is 6.25. The van der Waals surface area contributed by atoms with Crippen molar-refractivity contribution in [3.63, 3.8) is 0 Å². The maximum absolute atomic E-state index is 11.6. The van der Waals surface area contributed by atoms with Gasteiger partial charge in [0.05, 0.1) is 19.8 Å². The van der Waals surface area contributed by atoms with E-state index in [0.717, 1.165) is 6.54 Å². The van der Waals surface area contributed by atoms with Crippen LogP contribution in [0.5, 0.6) is 0 Å². The van der Waals surface area contributed by atoms with E-state index in [0.29, 0.717) is 19.8 Å². The van der Waals surface area contributed by atoms with Crippen molar-refractivity contribution in [2.24, 2.45) is 0 Å². The van der Waals surface area contributed by atoms with Gasteiger partial charge >= 0.3 is 0 Å². The van der Waals surface area contributed by atoms with E-state index in [-0.39, 0.29) is 11.9 Å². The molecule has 4 heteroatoms. The highest BCUT2D eigenvalue weighted by Gasteiger charge is 2.23. The predicted octanol–water partition coefficient (Wildman–Crippen LogP) is -0.934. The molecule has 1 heterocycles. The monoisotopic (exact) mass is 182 g/mol. The number of morpholine rings is 1. The van der Waals surface area contributed by atoms with Gasteiger partial charge in [-0.2, -0.15) is 0 Å². The topological polar surface area (TPSA) is 41.6 Å². The van der Waals surface area contributed by atoms with E-state index >= 15 is 0 Å². The lowest BCUT2D eigenvalue weighted by molar-refractivity contribution is -0.134. The zero-order valence-corrected chi connectivity index (χ0v) is 7.75. The van der Waals surface area contributed by atoms with Gasteiger partial charge < -0.3 is 15.0 Å². The summed E-state index contributed by atoms with van der Waals surface area (Å²) in [4.78, 5) is 13.1. The van der Waals surface area contributed by atoms with E-state index < -0.39 is 0 Å². The molecule has 72 valence electrons. The Morgan fingerprint density at radius 2 is 2.62 bits per heavy atom. The van der Waals surface area contributed by atoms with Crippen molar-refractivity contribution < 1.29 is 9.53 Å². The molecule has 0 radical (unpaired) electrons. The Bertz CT molecular complexity index is 216. The third-order valence-electron chi connectivity index (χ3n) is 1.92. The molecule has 1 atom stereocenters. The Labute approximate surface area is 78.2 Å². The molecular weight excluding hydrogens is 168 g/mol. The summed E-state index contributed by atoms with van der Waals surface area (Å²) in [6.07, 6.45) is 5.10. The van der Waals surface area contributed by atoms with Crippen molar-refractivity contribution in [1.82, 2.24) is 10.2 Å². The van der Waals surface area contributed by atoms with Crippen LogP contribution in [-0.4, -0.2) is 50.2 Å². The number of rotatable bonds is 2. The highest BCUT2D eigenvalue weighted by atomic mass is 16.5. The molecule has 0 aromatic heterocycles. The number of likely N-dealkylation sites (N-methyl/N-ethyl adjacent to an activating group) is 1. The number of nitrogens with zero attached hydrogens (tertiary/aromatic N) is 1. The second-order valence-corrected chi connectivity index (χ2v) is 2.98. The van der Waals surface area contributed by atoms with E-state index in [1.807, 2.05) is 0 Å². The number of nitrogens with one attached hydrogen (secondary N) is 1. The summed E-state index contributed by atoms with van der Waals surface area (Å²) in [6.45, 7) is 2.17. The summed E-state index contributed by atoms with van der Waals surface area (Å²) in [6, 6.07) is -0.230. The molecule has 0 bridgehead atoms. The lowest BCUT2D eigenvalue weighted by Gasteiger charge is -2.26. The Kier molecular flexibility index (Phi) is 3.74. The number of carbonyl (C=O) groups excluding carboxylic acids is 1. The summed E-state index contributed by atoms with van der Waals surface area (Å²) >= 11 is 0. The summed E-state index contributed by atoms with van der Waals surface area (Å²) < 4.78 is 5.17. The van der Waals surface area contributed by atoms with Crippen LogP contribution in [-0.2, 0) is 9.53 Å². The molecule has 1 aliphatic heterocycles. The lowest BCUT2D eigenvalue weighted by atomic mass is 10.2. The van der Waals surface area contributed by atoms with Crippen LogP contribution in [0.15, 0.2) is 0 Å². The van der Waals surface area contributed by atoms with Crippen LogP contribution in [0.1, 0.15) is 0 Å². The summed E-state index contributed by atoms with van der Waals surface area (Å²) in [5.41, 5.74) is 0. The van der Waals surface area contributed by atoms with Gasteiger partial charge in [0.15, 0.2) is 0 Å².